The van der Waals surface area contributed by atoms with Gasteiger partial charge in [0.15, 0.2) is 5.11 Å². The number of hydrogen-bond donors (Lipinski definition) is 3. The van der Waals surface area contributed by atoms with Crippen LogP contribution in [0.15, 0.2) is 29.2 Å². The van der Waals surface area contributed by atoms with Crippen LogP contribution in [0.3, 0.4) is 0 Å². The van der Waals surface area contributed by atoms with Crippen LogP contribution in [0, 0.1) is 0 Å². The Morgan fingerprint density at radius 3 is 2.64 bits per heavy atom. The third-order valence-electron chi connectivity index (χ3n) is 3.47. The Balaban J connectivity index is 1.68. The molecule has 0 aromatic heterocycles. The predicted octanol–water partition coefficient (Wildman–Crippen LogP) is 0.520. The Hall–Kier alpha value is -1.22. The van der Waals surface area contributed by atoms with Gasteiger partial charge in [-0.05, 0) is 49.2 Å². The van der Waals surface area contributed by atoms with Gasteiger partial charge in [-0.2, -0.15) is 0 Å². The zero-order valence-corrected chi connectivity index (χ0v) is 13.9. The normalized spacial score (nSPS) is 18.1. The van der Waals surface area contributed by atoms with Gasteiger partial charge in [0, 0.05) is 19.7 Å². The van der Waals surface area contributed by atoms with E-state index in [2.05, 4.69) is 10.6 Å². The number of rotatable bonds is 6. The number of thiocarbonyl (C=S) groups is 1. The van der Waals surface area contributed by atoms with Crippen molar-refractivity contribution in [3.63, 3.8) is 0 Å². The standard InChI is InChI=1S/C14H21N3O3S2/c15-22(18,19)13-5-3-11(4-6-13)7-8-16-14(21)17-10-12-2-1-9-20-12/h3-6,12H,1-2,7-10H2,(H2,15,18,19)(H2,16,17,21). The van der Waals surface area contributed by atoms with Crippen molar-refractivity contribution in [3.05, 3.63) is 29.8 Å². The van der Waals surface area contributed by atoms with Gasteiger partial charge >= 0.3 is 0 Å². The van der Waals surface area contributed by atoms with Gasteiger partial charge < -0.3 is 15.4 Å². The Bertz CT molecular complexity index is 596. The first-order valence-electron chi connectivity index (χ1n) is 7.20. The van der Waals surface area contributed by atoms with Gasteiger partial charge in [0.25, 0.3) is 0 Å². The second-order valence-electron chi connectivity index (χ2n) is 5.21. The SMILES string of the molecule is NS(=O)(=O)c1ccc(CCNC(=S)NCC2CCCO2)cc1. The lowest BCUT2D eigenvalue weighted by Gasteiger charge is -2.14. The fraction of sp³-hybridized carbons (Fsp3) is 0.500. The number of primary sulfonamides is 1. The van der Waals surface area contributed by atoms with Crippen molar-refractivity contribution in [3.8, 4) is 0 Å². The molecule has 1 aromatic rings. The molecule has 6 nitrogen and oxygen atoms in total. The van der Waals surface area contributed by atoms with E-state index in [0.29, 0.717) is 11.7 Å². The van der Waals surface area contributed by atoms with Crippen molar-refractivity contribution in [2.24, 2.45) is 5.14 Å². The molecule has 1 aromatic carbocycles. The van der Waals surface area contributed by atoms with E-state index in [1.807, 2.05) is 0 Å². The van der Waals surface area contributed by atoms with Crippen molar-refractivity contribution >= 4 is 27.4 Å². The number of ether oxygens (including phenoxy) is 1. The maximum Gasteiger partial charge on any atom is 0.238 e. The molecule has 1 heterocycles. The van der Waals surface area contributed by atoms with Gasteiger partial charge in [-0.25, -0.2) is 13.6 Å². The first-order valence-corrected chi connectivity index (χ1v) is 9.15. The van der Waals surface area contributed by atoms with E-state index < -0.39 is 10.0 Å². The predicted molar refractivity (Wildman–Crippen MR) is 89.1 cm³/mol. The molecule has 1 atom stereocenters. The van der Waals surface area contributed by atoms with Gasteiger partial charge in [0.1, 0.15) is 0 Å². The zero-order chi connectivity index (χ0) is 16.0. The van der Waals surface area contributed by atoms with Gasteiger partial charge in [-0.1, -0.05) is 12.1 Å². The molecule has 1 aliphatic heterocycles. The molecule has 0 bridgehead atoms. The molecule has 22 heavy (non-hydrogen) atoms. The lowest BCUT2D eigenvalue weighted by Crippen LogP contribution is -2.40. The molecule has 1 saturated heterocycles. The average Bonchev–Trinajstić information content (AvgIpc) is 2.98. The first-order chi connectivity index (χ1) is 10.4. The lowest BCUT2D eigenvalue weighted by molar-refractivity contribution is 0.114. The summed E-state index contributed by atoms with van der Waals surface area (Å²) in [6, 6.07) is 6.53. The van der Waals surface area contributed by atoms with Gasteiger partial charge in [0.2, 0.25) is 10.0 Å². The molecule has 2 rings (SSSR count). The van der Waals surface area contributed by atoms with Crippen LogP contribution in [-0.2, 0) is 21.2 Å². The summed E-state index contributed by atoms with van der Waals surface area (Å²) in [7, 11) is -3.63. The Morgan fingerprint density at radius 1 is 1.32 bits per heavy atom. The molecule has 8 heteroatoms. The van der Waals surface area contributed by atoms with Crippen molar-refractivity contribution in [1.29, 1.82) is 0 Å². The van der Waals surface area contributed by atoms with Gasteiger partial charge in [0.05, 0.1) is 11.0 Å². The summed E-state index contributed by atoms with van der Waals surface area (Å²) in [5.74, 6) is 0. The van der Waals surface area contributed by atoms with E-state index in [0.717, 1.165) is 38.0 Å². The molecule has 0 amide bonds. The van der Waals surface area contributed by atoms with Gasteiger partial charge in [-0.15, -0.1) is 0 Å². The van der Waals surface area contributed by atoms with Crippen molar-refractivity contribution in [1.82, 2.24) is 10.6 Å². The molecular formula is C14H21N3O3S2. The second kappa shape index (κ2) is 7.87. The smallest absolute Gasteiger partial charge is 0.238 e. The third kappa shape index (κ3) is 5.53. The van der Waals surface area contributed by atoms with Crippen LogP contribution < -0.4 is 15.8 Å². The fourth-order valence-electron chi connectivity index (χ4n) is 2.24. The molecular weight excluding hydrogens is 322 g/mol. The summed E-state index contributed by atoms with van der Waals surface area (Å²) in [5, 5.41) is 11.9. The summed E-state index contributed by atoms with van der Waals surface area (Å²) in [6.45, 7) is 2.24. The molecule has 0 aliphatic carbocycles. The van der Waals surface area contributed by atoms with E-state index in [9.17, 15) is 8.42 Å². The molecule has 1 fully saturated rings. The van der Waals surface area contributed by atoms with Crippen LogP contribution in [-0.4, -0.2) is 39.3 Å². The van der Waals surface area contributed by atoms with E-state index >= 15 is 0 Å². The fourth-order valence-corrected chi connectivity index (χ4v) is 2.94. The summed E-state index contributed by atoms with van der Waals surface area (Å²) < 4.78 is 27.8. The maximum absolute atomic E-state index is 11.2. The lowest BCUT2D eigenvalue weighted by atomic mass is 10.1. The summed E-state index contributed by atoms with van der Waals surface area (Å²) >= 11 is 5.20. The Kier molecular flexibility index (Phi) is 6.13. The van der Waals surface area contributed by atoms with E-state index in [1.54, 1.807) is 12.1 Å². The minimum atomic E-state index is -3.63. The summed E-state index contributed by atoms with van der Waals surface area (Å²) in [4.78, 5) is 0.123. The summed E-state index contributed by atoms with van der Waals surface area (Å²) in [5.41, 5.74) is 1.02. The molecule has 1 unspecified atom stereocenters. The highest BCUT2D eigenvalue weighted by Crippen LogP contribution is 2.10. The van der Waals surface area contributed by atoms with Crippen LogP contribution in [0.5, 0.6) is 0 Å². The number of nitrogens with one attached hydrogen (secondary N) is 2. The zero-order valence-electron chi connectivity index (χ0n) is 12.2. The molecule has 1 aliphatic rings. The monoisotopic (exact) mass is 343 g/mol. The summed E-state index contributed by atoms with van der Waals surface area (Å²) in [6.07, 6.45) is 3.19. The Labute approximate surface area is 136 Å². The second-order valence-corrected chi connectivity index (χ2v) is 7.18. The number of sulfonamides is 1. The number of nitrogens with two attached hydrogens (primary N) is 1. The quantitative estimate of drug-likeness (QED) is 0.652. The number of benzene rings is 1. The van der Waals surface area contributed by atoms with Crippen LogP contribution in [0.25, 0.3) is 0 Å². The Morgan fingerprint density at radius 2 is 2.05 bits per heavy atom. The van der Waals surface area contributed by atoms with Crippen molar-refractivity contribution < 1.29 is 13.2 Å². The van der Waals surface area contributed by atoms with E-state index in [4.69, 9.17) is 22.1 Å². The number of hydrogen-bond acceptors (Lipinski definition) is 4. The molecule has 0 radical (unpaired) electrons. The van der Waals surface area contributed by atoms with Crippen molar-refractivity contribution in [2.75, 3.05) is 19.7 Å². The average molecular weight is 343 g/mol. The largest absolute Gasteiger partial charge is 0.376 e. The maximum atomic E-state index is 11.2. The molecule has 0 saturated carbocycles. The van der Waals surface area contributed by atoms with Crippen LogP contribution in [0.2, 0.25) is 0 Å². The van der Waals surface area contributed by atoms with E-state index in [-0.39, 0.29) is 11.0 Å². The van der Waals surface area contributed by atoms with E-state index in [1.165, 1.54) is 12.1 Å². The third-order valence-corrected chi connectivity index (χ3v) is 4.68. The molecule has 122 valence electrons. The first kappa shape index (κ1) is 17.1. The van der Waals surface area contributed by atoms with Crippen LogP contribution in [0.1, 0.15) is 18.4 Å². The minimum absolute atomic E-state index is 0.123. The highest BCUT2D eigenvalue weighted by atomic mass is 32.2. The van der Waals surface area contributed by atoms with Crippen LogP contribution in [0.4, 0.5) is 0 Å². The van der Waals surface area contributed by atoms with Crippen LogP contribution >= 0.6 is 12.2 Å². The topological polar surface area (TPSA) is 93.5 Å². The highest BCUT2D eigenvalue weighted by Gasteiger charge is 2.15. The van der Waals surface area contributed by atoms with Gasteiger partial charge in [-0.3, -0.25) is 0 Å². The highest BCUT2D eigenvalue weighted by molar-refractivity contribution is 7.89. The molecule has 4 N–H and O–H groups in total. The molecule has 0 spiro atoms. The minimum Gasteiger partial charge on any atom is -0.376 e. The van der Waals surface area contributed by atoms with Crippen molar-refractivity contribution in [2.45, 2.75) is 30.3 Å².